The molecule has 0 aromatic carbocycles. The second kappa shape index (κ2) is 6.07. The monoisotopic (exact) mass is 243 g/mol. The molecular formula is C10H17N3O4. The van der Waals surface area contributed by atoms with Crippen molar-refractivity contribution in [2.75, 3.05) is 13.1 Å². The van der Waals surface area contributed by atoms with Crippen molar-refractivity contribution in [1.29, 1.82) is 0 Å². The van der Waals surface area contributed by atoms with Gasteiger partial charge in [0.1, 0.15) is 6.04 Å². The summed E-state index contributed by atoms with van der Waals surface area (Å²) in [6.45, 7) is 0.781. The first-order chi connectivity index (χ1) is 8.02. The molecule has 0 aromatic heterocycles. The molecule has 4 N–H and O–H groups in total. The second-order valence-corrected chi connectivity index (χ2v) is 3.99. The van der Waals surface area contributed by atoms with E-state index in [4.69, 9.17) is 10.8 Å². The maximum Gasteiger partial charge on any atom is 0.326 e. The summed E-state index contributed by atoms with van der Waals surface area (Å²) >= 11 is 0. The minimum absolute atomic E-state index is 0.211. The van der Waals surface area contributed by atoms with E-state index in [1.54, 1.807) is 0 Å². The SMILES string of the molecule is NC(=O)CCCNC(=O)N1CCC[C@@H]1C(=O)O. The molecule has 1 fully saturated rings. The summed E-state index contributed by atoms with van der Waals surface area (Å²) in [6, 6.07) is -1.12. The van der Waals surface area contributed by atoms with Crippen LogP contribution < -0.4 is 11.1 Å². The molecule has 0 aromatic rings. The summed E-state index contributed by atoms with van der Waals surface area (Å²) in [5.41, 5.74) is 4.95. The highest BCUT2D eigenvalue weighted by Gasteiger charge is 2.33. The van der Waals surface area contributed by atoms with Crippen LogP contribution in [-0.4, -0.2) is 47.0 Å². The van der Waals surface area contributed by atoms with E-state index in [9.17, 15) is 14.4 Å². The van der Waals surface area contributed by atoms with Crippen LogP contribution in [0.5, 0.6) is 0 Å². The number of amides is 3. The topological polar surface area (TPSA) is 113 Å². The van der Waals surface area contributed by atoms with Crippen LogP contribution in [0.2, 0.25) is 0 Å². The van der Waals surface area contributed by atoms with Crippen molar-refractivity contribution in [3.8, 4) is 0 Å². The van der Waals surface area contributed by atoms with Gasteiger partial charge in [-0.05, 0) is 19.3 Å². The smallest absolute Gasteiger partial charge is 0.326 e. The summed E-state index contributed by atoms with van der Waals surface area (Å²) in [5.74, 6) is -1.39. The number of hydrogen-bond acceptors (Lipinski definition) is 3. The number of primary amides is 1. The minimum Gasteiger partial charge on any atom is -0.480 e. The molecule has 0 aliphatic carbocycles. The fraction of sp³-hybridized carbons (Fsp3) is 0.700. The van der Waals surface area contributed by atoms with E-state index in [2.05, 4.69) is 5.32 Å². The Morgan fingerprint density at radius 2 is 2.12 bits per heavy atom. The third kappa shape index (κ3) is 3.93. The number of urea groups is 1. The lowest BCUT2D eigenvalue weighted by Gasteiger charge is -2.21. The quantitative estimate of drug-likeness (QED) is 0.565. The normalized spacial score (nSPS) is 19.1. The first-order valence-electron chi connectivity index (χ1n) is 5.58. The van der Waals surface area contributed by atoms with E-state index in [1.165, 1.54) is 4.90 Å². The molecule has 17 heavy (non-hydrogen) atoms. The molecule has 1 aliphatic rings. The number of nitrogens with two attached hydrogens (primary N) is 1. The van der Waals surface area contributed by atoms with E-state index in [1.807, 2.05) is 0 Å². The molecule has 1 aliphatic heterocycles. The van der Waals surface area contributed by atoms with Gasteiger partial charge >= 0.3 is 12.0 Å². The molecule has 1 rings (SSSR count). The molecule has 3 amide bonds. The predicted octanol–water partition coefficient (Wildman–Crippen LogP) is -0.489. The van der Waals surface area contributed by atoms with Gasteiger partial charge in [-0.15, -0.1) is 0 Å². The van der Waals surface area contributed by atoms with E-state index < -0.39 is 17.9 Å². The van der Waals surface area contributed by atoms with Gasteiger partial charge < -0.3 is 21.1 Å². The van der Waals surface area contributed by atoms with E-state index >= 15 is 0 Å². The number of nitrogens with zero attached hydrogens (tertiary/aromatic N) is 1. The van der Waals surface area contributed by atoms with Gasteiger partial charge in [-0.3, -0.25) is 4.79 Å². The highest BCUT2D eigenvalue weighted by Crippen LogP contribution is 2.17. The maximum absolute atomic E-state index is 11.6. The molecule has 0 unspecified atom stereocenters. The van der Waals surface area contributed by atoms with Crippen LogP contribution in [0.25, 0.3) is 0 Å². The highest BCUT2D eigenvalue weighted by molar-refractivity contribution is 5.83. The van der Waals surface area contributed by atoms with E-state index in [0.29, 0.717) is 32.4 Å². The van der Waals surface area contributed by atoms with Gasteiger partial charge in [0.2, 0.25) is 5.91 Å². The van der Waals surface area contributed by atoms with Gasteiger partial charge in [-0.25, -0.2) is 9.59 Å². The molecule has 1 atom stereocenters. The summed E-state index contributed by atoms with van der Waals surface area (Å²) in [6.07, 6.45) is 1.87. The average molecular weight is 243 g/mol. The zero-order valence-corrected chi connectivity index (χ0v) is 9.52. The molecule has 96 valence electrons. The Hall–Kier alpha value is -1.79. The van der Waals surface area contributed by atoms with Gasteiger partial charge in [-0.1, -0.05) is 0 Å². The minimum atomic E-state index is -0.977. The Labute approximate surface area is 98.9 Å². The van der Waals surface area contributed by atoms with Crippen LogP contribution in [0.1, 0.15) is 25.7 Å². The number of carboxylic acid groups (broad SMARTS) is 1. The van der Waals surface area contributed by atoms with Crippen LogP contribution in [0.3, 0.4) is 0 Å². The first-order valence-corrected chi connectivity index (χ1v) is 5.58. The third-order valence-corrected chi connectivity index (χ3v) is 2.67. The summed E-state index contributed by atoms with van der Waals surface area (Å²) in [4.78, 5) is 34.3. The van der Waals surface area contributed by atoms with Gasteiger partial charge in [0.15, 0.2) is 0 Å². The molecule has 7 heteroatoms. The van der Waals surface area contributed by atoms with Crippen molar-refractivity contribution in [2.45, 2.75) is 31.7 Å². The van der Waals surface area contributed by atoms with Crippen molar-refractivity contribution in [3.05, 3.63) is 0 Å². The number of carbonyl (C=O) groups excluding carboxylic acids is 2. The number of hydrogen-bond donors (Lipinski definition) is 3. The zero-order chi connectivity index (χ0) is 12.8. The van der Waals surface area contributed by atoms with E-state index in [0.717, 1.165) is 0 Å². The molecule has 1 heterocycles. The number of aliphatic carboxylic acids is 1. The number of likely N-dealkylation sites (tertiary alicyclic amines) is 1. The predicted molar refractivity (Wildman–Crippen MR) is 59.2 cm³/mol. The van der Waals surface area contributed by atoms with Crippen molar-refractivity contribution >= 4 is 17.9 Å². The fourth-order valence-corrected chi connectivity index (χ4v) is 1.83. The first kappa shape index (κ1) is 13.3. The van der Waals surface area contributed by atoms with Gasteiger partial charge in [-0.2, -0.15) is 0 Å². The average Bonchev–Trinajstić information content (AvgIpc) is 2.72. The van der Waals surface area contributed by atoms with Gasteiger partial charge in [0.05, 0.1) is 0 Å². The Bertz CT molecular complexity index is 319. The molecule has 7 nitrogen and oxygen atoms in total. The van der Waals surface area contributed by atoms with Crippen LogP contribution in [-0.2, 0) is 9.59 Å². The lowest BCUT2D eigenvalue weighted by atomic mass is 10.2. The summed E-state index contributed by atoms with van der Waals surface area (Å²) in [7, 11) is 0. The molecule has 0 radical (unpaired) electrons. The molecule has 0 bridgehead atoms. The number of rotatable bonds is 5. The standard InChI is InChI=1S/C10H17N3O4/c11-8(14)4-1-5-12-10(17)13-6-2-3-7(13)9(15)16/h7H,1-6H2,(H2,11,14)(H,12,17)(H,15,16)/t7-/m1/s1. The van der Waals surface area contributed by atoms with Gasteiger partial charge in [0.25, 0.3) is 0 Å². The molecule has 1 saturated heterocycles. The van der Waals surface area contributed by atoms with E-state index in [-0.39, 0.29) is 12.5 Å². The van der Waals surface area contributed by atoms with Crippen molar-refractivity contribution in [1.82, 2.24) is 10.2 Å². The van der Waals surface area contributed by atoms with Crippen LogP contribution in [0.4, 0.5) is 4.79 Å². The van der Waals surface area contributed by atoms with Crippen LogP contribution in [0, 0.1) is 0 Å². The van der Waals surface area contributed by atoms with Crippen molar-refractivity contribution < 1.29 is 19.5 Å². The van der Waals surface area contributed by atoms with Crippen molar-refractivity contribution in [3.63, 3.8) is 0 Å². The van der Waals surface area contributed by atoms with Crippen LogP contribution in [0.15, 0.2) is 0 Å². The largest absolute Gasteiger partial charge is 0.480 e. The highest BCUT2D eigenvalue weighted by atomic mass is 16.4. The lowest BCUT2D eigenvalue weighted by molar-refractivity contribution is -0.141. The van der Waals surface area contributed by atoms with Crippen LogP contribution >= 0.6 is 0 Å². The number of carboxylic acids is 1. The zero-order valence-electron chi connectivity index (χ0n) is 9.52. The van der Waals surface area contributed by atoms with Crippen molar-refractivity contribution in [2.24, 2.45) is 5.73 Å². The van der Waals surface area contributed by atoms with Gasteiger partial charge in [0, 0.05) is 19.5 Å². The Kier molecular flexibility index (Phi) is 4.74. The summed E-state index contributed by atoms with van der Waals surface area (Å²) < 4.78 is 0. The summed E-state index contributed by atoms with van der Waals surface area (Å²) in [5, 5.41) is 11.5. The lowest BCUT2D eigenvalue weighted by Crippen LogP contribution is -2.46. The molecular weight excluding hydrogens is 226 g/mol. The third-order valence-electron chi connectivity index (χ3n) is 2.67. The maximum atomic E-state index is 11.6. The molecule has 0 spiro atoms. The number of nitrogens with one attached hydrogen (secondary N) is 1. The Morgan fingerprint density at radius 3 is 2.71 bits per heavy atom. The fourth-order valence-electron chi connectivity index (χ4n) is 1.83. The Morgan fingerprint density at radius 1 is 1.41 bits per heavy atom. The number of carbonyl (C=O) groups is 3. The molecule has 0 saturated carbocycles. The Balaban J connectivity index is 2.32. The second-order valence-electron chi connectivity index (χ2n) is 3.99.